The summed E-state index contributed by atoms with van der Waals surface area (Å²) in [6, 6.07) is 1.59. The van der Waals surface area contributed by atoms with Gasteiger partial charge in [0.15, 0.2) is 0 Å². The van der Waals surface area contributed by atoms with Crippen LogP contribution in [0.15, 0.2) is 23.1 Å². The Hall–Kier alpha value is -1.79. The Morgan fingerprint density at radius 2 is 1.94 bits per heavy atom. The Morgan fingerprint density at radius 3 is 2.50 bits per heavy atom. The fraction of sp³-hybridized carbons (Fsp3) is 0.455. The van der Waals surface area contributed by atoms with E-state index >= 15 is 0 Å². The SMILES string of the molecule is O=C(O)CCCCn1cc(C(F)(F)F)ccc1=O. The number of aromatic nitrogens is 1. The van der Waals surface area contributed by atoms with Crippen molar-refractivity contribution in [1.29, 1.82) is 0 Å². The van der Waals surface area contributed by atoms with Gasteiger partial charge in [-0.2, -0.15) is 13.2 Å². The van der Waals surface area contributed by atoms with Gasteiger partial charge in [-0.1, -0.05) is 0 Å². The van der Waals surface area contributed by atoms with Crippen molar-refractivity contribution in [2.75, 3.05) is 0 Å². The smallest absolute Gasteiger partial charge is 0.417 e. The largest absolute Gasteiger partial charge is 0.481 e. The fourth-order valence-corrected chi connectivity index (χ4v) is 1.43. The maximum atomic E-state index is 12.4. The van der Waals surface area contributed by atoms with E-state index in [0.717, 1.165) is 22.9 Å². The third-order valence-electron chi connectivity index (χ3n) is 2.35. The lowest BCUT2D eigenvalue weighted by Crippen LogP contribution is -2.21. The van der Waals surface area contributed by atoms with Crippen LogP contribution >= 0.6 is 0 Å². The third-order valence-corrected chi connectivity index (χ3v) is 2.35. The first-order valence-corrected chi connectivity index (χ1v) is 5.30. The van der Waals surface area contributed by atoms with E-state index in [0.29, 0.717) is 12.8 Å². The van der Waals surface area contributed by atoms with Gasteiger partial charge in [-0.25, -0.2) is 0 Å². The van der Waals surface area contributed by atoms with Gasteiger partial charge < -0.3 is 9.67 Å². The van der Waals surface area contributed by atoms with Crippen molar-refractivity contribution >= 4 is 5.97 Å². The molecule has 100 valence electrons. The lowest BCUT2D eigenvalue weighted by Gasteiger charge is -2.10. The molecule has 7 heteroatoms. The molecule has 0 radical (unpaired) electrons. The van der Waals surface area contributed by atoms with Gasteiger partial charge in [0, 0.05) is 25.2 Å². The molecule has 18 heavy (non-hydrogen) atoms. The Bertz CT molecular complexity index is 479. The molecule has 0 aromatic carbocycles. The number of halogens is 3. The second kappa shape index (κ2) is 5.70. The number of aryl methyl sites for hydroxylation is 1. The number of nitrogens with zero attached hydrogens (tertiary/aromatic N) is 1. The lowest BCUT2D eigenvalue weighted by atomic mass is 10.2. The van der Waals surface area contributed by atoms with Crippen LogP contribution in [0.2, 0.25) is 0 Å². The molecule has 1 rings (SSSR count). The number of rotatable bonds is 5. The first-order chi connectivity index (χ1) is 8.30. The van der Waals surface area contributed by atoms with E-state index in [1.807, 2.05) is 0 Å². The topological polar surface area (TPSA) is 59.3 Å². The van der Waals surface area contributed by atoms with Gasteiger partial charge in [0.05, 0.1) is 5.56 Å². The normalized spacial score (nSPS) is 11.5. The summed E-state index contributed by atoms with van der Waals surface area (Å²) in [5.41, 5.74) is -1.42. The minimum absolute atomic E-state index is 0.0618. The molecule has 0 aliphatic heterocycles. The highest BCUT2D eigenvalue weighted by atomic mass is 19.4. The number of unbranched alkanes of at least 4 members (excludes halogenated alkanes) is 1. The summed E-state index contributed by atoms with van der Waals surface area (Å²) >= 11 is 0. The highest BCUT2D eigenvalue weighted by Crippen LogP contribution is 2.28. The molecule has 0 amide bonds. The minimum Gasteiger partial charge on any atom is -0.481 e. The molecule has 0 aliphatic carbocycles. The minimum atomic E-state index is -4.49. The predicted molar refractivity (Wildman–Crippen MR) is 57.2 cm³/mol. The van der Waals surface area contributed by atoms with E-state index in [9.17, 15) is 22.8 Å². The van der Waals surface area contributed by atoms with Crippen molar-refractivity contribution in [3.8, 4) is 0 Å². The molecule has 1 aromatic heterocycles. The monoisotopic (exact) mass is 263 g/mol. The van der Waals surface area contributed by atoms with Crippen LogP contribution in [0.5, 0.6) is 0 Å². The molecule has 0 bridgehead atoms. The number of carboxylic acid groups (broad SMARTS) is 1. The summed E-state index contributed by atoms with van der Waals surface area (Å²) in [6.07, 6.45) is -3.14. The number of alkyl halides is 3. The Balaban J connectivity index is 2.70. The highest BCUT2D eigenvalue weighted by molar-refractivity contribution is 5.66. The van der Waals surface area contributed by atoms with Crippen molar-refractivity contribution in [3.63, 3.8) is 0 Å². The number of pyridine rings is 1. The summed E-state index contributed by atoms with van der Waals surface area (Å²) in [4.78, 5) is 21.6. The first-order valence-electron chi connectivity index (χ1n) is 5.30. The van der Waals surface area contributed by atoms with Gasteiger partial charge in [0.2, 0.25) is 0 Å². The van der Waals surface area contributed by atoms with Crippen LogP contribution in [0.25, 0.3) is 0 Å². The van der Waals surface area contributed by atoms with Crippen molar-refractivity contribution in [1.82, 2.24) is 4.57 Å². The fourth-order valence-electron chi connectivity index (χ4n) is 1.43. The molecule has 1 N–H and O–H groups in total. The lowest BCUT2D eigenvalue weighted by molar-refractivity contribution is -0.138. The van der Waals surface area contributed by atoms with E-state index in [1.165, 1.54) is 0 Å². The zero-order valence-electron chi connectivity index (χ0n) is 9.41. The van der Waals surface area contributed by atoms with E-state index in [-0.39, 0.29) is 13.0 Å². The molecule has 0 aliphatic rings. The van der Waals surface area contributed by atoms with Gasteiger partial charge in [-0.15, -0.1) is 0 Å². The number of carboxylic acids is 1. The van der Waals surface area contributed by atoms with Crippen molar-refractivity contribution < 1.29 is 23.1 Å². The maximum Gasteiger partial charge on any atom is 0.417 e. The molecule has 1 heterocycles. The molecular weight excluding hydrogens is 251 g/mol. The number of hydrogen-bond donors (Lipinski definition) is 1. The Morgan fingerprint density at radius 1 is 1.28 bits per heavy atom. The van der Waals surface area contributed by atoms with Crippen molar-refractivity contribution in [2.45, 2.75) is 32.0 Å². The van der Waals surface area contributed by atoms with Gasteiger partial charge in [0.25, 0.3) is 5.56 Å². The van der Waals surface area contributed by atoms with E-state index in [4.69, 9.17) is 5.11 Å². The molecule has 0 fully saturated rings. The quantitative estimate of drug-likeness (QED) is 0.828. The summed E-state index contributed by atoms with van der Waals surface area (Å²) in [5.74, 6) is -0.966. The van der Waals surface area contributed by atoms with Gasteiger partial charge >= 0.3 is 12.1 Å². The van der Waals surface area contributed by atoms with Gasteiger partial charge in [-0.05, 0) is 18.9 Å². The summed E-state index contributed by atoms with van der Waals surface area (Å²) in [6.45, 7) is 0.0794. The van der Waals surface area contributed by atoms with Crippen LogP contribution < -0.4 is 5.56 Å². The summed E-state index contributed by atoms with van der Waals surface area (Å²) in [5, 5.41) is 8.40. The number of carbonyl (C=O) groups is 1. The molecule has 0 unspecified atom stereocenters. The average Bonchev–Trinajstić information content (AvgIpc) is 2.24. The maximum absolute atomic E-state index is 12.4. The van der Waals surface area contributed by atoms with E-state index in [1.54, 1.807) is 0 Å². The average molecular weight is 263 g/mol. The van der Waals surface area contributed by atoms with Gasteiger partial charge in [-0.3, -0.25) is 9.59 Å². The van der Waals surface area contributed by atoms with E-state index in [2.05, 4.69) is 0 Å². The predicted octanol–water partition coefficient (Wildman–Crippen LogP) is 2.12. The second-order valence-corrected chi connectivity index (χ2v) is 3.80. The summed E-state index contributed by atoms with van der Waals surface area (Å²) in [7, 11) is 0. The molecule has 4 nitrogen and oxygen atoms in total. The molecule has 0 atom stereocenters. The molecular formula is C11H12F3NO3. The highest BCUT2D eigenvalue weighted by Gasteiger charge is 2.30. The van der Waals surface area contributed by atoms with Crippen molar-refractivity contribution in [2.24, 2.45) is 0 Å². The van der Waals surface area contributed by atoms with Gasteiger partial charge in [0.1, 0.15) is 0 Å². The second-order valence-electron chi connectivity index (χ2n) is 3.80. The third kappa shape index (κ3) is 4.23. The van der Waals surface area contributed by atoms with Crippen LogP contribution in [-0.2, 0) is 17.5 Å². The molecule has 0 saturated carbocycles. The number of hydrogen-bond acceptors (Lipinski definition) is 2. The molecule has 0 spiro atoms. The molecule has 1 aromatic rings. The van der Waals surface area contributed by atoms with Crippen LogP contribution in [0.3, 0.4) is 0 Å². The number of aliphatic carboxylic acids is 1. The molecule has 0 saturated heterocycles. The van der Waals surface area contributed by atoms with Crippen LogP contribution in [0.1, 0.15) is 24.8 Å². The van der Waals surface area contributed by atoms with Crippen LogP contribution in [0, 0.1) is 0 Å². The Kier molecular flexibility index (Phi) is 4.52. The first kappa shape index (κ1) is 14.3. The van der Waals surface area contributed by atoms with Crippen LogP contribution in [0.4, 0.5) is 13.2 Å². The Labute approximate surface area is 101 Å². The zero-order valence-corrected chi connectivity index (χ0v) is 9.41. The van der Waals surface area contributed by atoms with Crippen molar-refractivity contribution in [3.05, 3.63) is 34.2 Å². The van der Waals surface area contributed by atoms with Crippen LogP contribution in [-0.4, -0.2) is 15.6 Å². The zero-order chi connectivity index (χ0) is 13.8. The standard InChI is InChI=1S/C11H12F3NO3/c12-11(13,14)8-4-5-9(16)15(7-8)6-2-1-3-10(17)18/h4-5,7H,1-3,6H2,(H,17,18). The summed E-state index contributed by atoms with van der Waals surface area (Å²) < 4.78 is 38.2. The van der Waals surface area contributed by atoms with E-state index < -0.39 is 23.3 Å².